The van der Waals surface area contributed by atoms with Crippen LogP contribution in [0.4, 0.5) is 0 Å². The van der Waals surface area contributed by atoms with Gasteiger partial charge in [0.1, 0.15) is 5.65 Å². The summed E-state index contributed by atoms with van der Waals surface area (Å²) >= 11 is 5.09. The number of aromatic nitrogens is 2. The Balaban J connectivity index is 1.41. The van der Waals surface area contributed by atoms with Crippen molar-refractivity contribution in [2.75, 3.05) is 0 Å². The molecule has 4 aromatic rings. The number of amides is 1. The number of carbonyl (C=O) groups is 1. The monoisotopic (exact) mass is 479 g/mol. The van der Waals surface area contributed by atoms with Gasteiger partial charge in [-0.2, -0.15) is 0 Å². The summed E-state index contributed by atoms with van der Waals surface area (Å²) in [7, 11) is 0. The van der Waals surface area contributed by atoms with Crippen LogP contribution < -0.4 is 5.32 Å². The number of thioether (sulfide) groups is 1. The molecule has 30 heavy (non-hydrogen) atoms. The zero-order valence-corrected chi connectivity index (χ0v) is 19.0. The summed E-state index contributed by atoms with van der Waals surface area (Å²) in [5.41, 5.74) is 3.82. The van der Waals surface area contributed by atoms with Crippen LogP contribution in [-0.2, 0) is 12.2 Å². The summed E-state index contributed by atoms with van der Waals surface area (Å²) in [6, 6.07) is 21.9. The third kappa shape index (κ3) is 5.12. The van der Waals surface area contributed by atoms with E-state index in [0.717, 1.165) is 27.1 Å². The number of halogens is 1. The zero-order valence-electron chi connectivity index (χ0n) is 16.6. The molecule has 6 heteroatoms. The molecule has 1 unspecified atom stereocenters. The predicted octanol–water partition coefficient (Wildman–Crippen LogP) is 5.75. The van der Waals surface area contributed by atoms with Crippen molar-refractivity contribution in [2.24, 2.45) is 0 Å². The second-order valence-corrected chi connectivity index (χ2v) is 9.12. The fourth-order valence-corrected chi connectivity index (χ4v) is 4.51. The third-order valence-corrected chi connectivity index (χ3v) is 6.39. The number of nitrogens with one attached hydrogen (secondary N) is 1. The van der Waals surface area contributed by atoms with E-state index >= 15 is 0 Å². The summed E-state index contributed by atoms with van der Waals surface area (Å²) in [4.78, 5) is 18.5. The minimum absolute atomic E-state index is 0.0372. The van der Waals surface area contributed by atoms with Crippen LogP contribution >= 0.6 is 27.7 Å². The Kier molecular flexibility index (Phi) is 6.55. The molecule has 152 valence electrons. The fourth-order valence-electron chi connectivity index (χ4n) is 3.32. The quantitative estimate of drug-likeness (QED) is 0.343. The number of pyridine rings is 1. The topological polar surface area (TPSA) is 46.4 Å². The maximum atomic E-state index is 12.9. The molecule has 1 N–H and O–H groups in total. The number of rotatable bonds is 7. The first kappa shape index (κ1) is 20.7. The van der Waals surface area contributed by atoms with Crippen LogP contribution in [0.15, 0.2) is 88.5 Å². The van der Waals surface area contributed by atoms with E-state index in [1.54, 1.807) is 11.8 Å². The Bertz CT molecular complexity index is 1120. The molecule has 1 atom stereocenters. The van der Waals surface area contributed by atoms with Crippen molar-refractivity contribution < 1.29 is 4.79 Å². The molecule has 0 fully saturated rings. The van der Waals surface area contributed by atoms with Crippen molar-refractivity contribution in [2.45, 2.75) is 30.0 Å². The van der Waals surface area contributed by atoms with Crippen molar-refractivity contribution in [1.29, 1.82) is 0 Å². The predicted molar refractivity (Wildman–Crippen MR) is 126 cm³/mol. The van der Waals surface area contributed by atoms with Crippen molar-refractivity contribution in [1.82, 2.24) is 14.7 Å². The van der Waals surface area contributed by atoms with Gasteiger partial charge in [-0.15, -0.1) is 11.8 Å². The highest BCUT2D eigenvalue weighted by molar-refractivity contribution is 9.10. The van der Waals surface area contributed by atoms with E-state index < -0.39 is 0 Å². The third-order valence-electron chi connectivity index (χ3n) is 4.75. The molecule has 1 amide bonds. The number of carbonyl (C=O) groups excluding carboxylic acids is 1. The fraction of sp³-hybridized carbons (Fsp3) is 0.167. The van der Waals surface area contributed by atoms with E-state index in [9.17, 15) is 4.79 Å². The average Bonchev–Trinajstić information content (AvgIpc) is 3.17. The van der Waals surface area contributed by atoms with Crippen LogP contribution in [0, 0.1) is 0 Å². The summed E-state index contributed by atoms with van der Waals surface area (Å²) in [6.07, 6.45) is 4.81. The molecular formula is C24H22BrN3OS. The molecule has 0 saturated carbocycles. The minimum atomic E-state index is -0.0438. The molecule has 0 aliphatic heterocycles. The van der Waals surface area contributed by atoms with Gasteiger partial charge >= 0.3 is 0 Å². The van der Waals surface area contributed by atoms with Gasteiger partial charge in [-0.3, -0.25) is 4.79 Å². The lowest BCUT2D eigenvalue weighted by molar-refractivity contribution is 0.0937. The molecule has 2 aromatic heterocycles. The van der Waals surface area contributed by atoms with Gasteiger partial charge in [0, 0.05) is 33.6 Å². The maximum absolute atomic E-state index is 12.9. The minimum Gasteiger partial charge on any atom is -0.349 e. The van der Waals surface area contributed by atoms with Gasteiger partial charge in [0.05, 0.1) is 11.3 Å². The highest BCUT2D eigenvalue weighted by Crippen LogP contribution is 2.26. The highest BCUT2D eigenvalue weighted by Gasteiger charge is 2.15. The van der Waals surface area contributed by atoms with E-state index in [1.165, 1.54) is 5.56 Å². The average molecular weight is 480 g/mol. The van der Waals surface area contributed by atoms with Crippen molar-refractivity contribution in [3.8, 4) is 0 Å². The first-order chi connectivity index (χ1) is 14.6. The summed E-state index contributed by atoms with van der Waals surface area (Å²) in [5.74, 6) is 0.665. The van der Waals surface area contributed by atoms with Crippen molar-refractivity contribution >= 4 is 39.2 Å². The van der Waals surface area contributed by atoms with Gasteiger partial charge in [-0.05, 0) is 55.3 Å². The molecule has 4 nitrogen and oxygen atoms in total. The van der Waals surface area contributed by atoms with Gasteiger partial charge in [0.15, 0.2) is 0 Å². The molecule has 0 bridgehead atoms. The molecule has 0 aliphatic carbocycles. The number of benzene rings is 2. The molecule has 4 rings (SSSR count). The highest BCUT2D eigenvalue weighted by atomic mass is 79.9. The second kappa shape index (κ2) is 9.49. The molecule has 2 aromatic carbocycles. The van der Waals surface area contributed by atoms with Crippen LogP contribution in [0.25, 0.3) is 5.65 Å². The number of hydrogen-bond donors (Lipinski definition) is 1. The Morgan fingerprint density at radius 2 is 1.87 bits per heavy atom. The number of fused-ring (bicyclic) bond motifs is 1. The van der Waals surface area contributed by atoms with Gasteiger partial charge in [-0.1, -0.05) is 46.3 Å². The second-order valence-electron chi connectivity index (χ2n) is 7.19. The normalized spacial score (nSPS) is 12.1. The van der Waals surface area contributed by atoms with Crippen LogP contribution in [0.5, 0.6) is 0 Å². The molecule has 0 saturated heterocycles. The van der Waals surface area contributed by atoms with E-state index in [0.29, 0.717) is 11.3 Å². The standard InChI is InChI=1S/C24H22BrN3OS/c1-17(14-18-9-11-19(25)12-10-18)26-24(29)21-6-2-3-7-22(21)30-16-20-15-28-13-5-4-8-23(28)27-20/h2-13,15,17H,14,16H2,1H3,(H,26,29). The Morgan fingerprint density at radius 3 is 2.67 bits per heavy atom. The van der Waals surface area contributed by atoms with Gasteiger partial charge in [0.2, 0.25) is 0 Å². The van der Waals surface area contributed by atoms with Crippen LogP contribution in [0.1, 0.15) is 28.5 Å². The van der Waals surface area contributed by atoms with Crippen LogP contribution in [0.3, 0.4) is 0 Å². The van der Waals surface area contributed by atoms with E-state index in [1.807, 2.05) is 78.3 Å². The Labute approximate surface area is 188 Å². The SMILES string of the molecule is CC(Cc1ccc(Br)cc1)NC(=O)c1ccccc1SCc1cn2ccccc2n1. The first-order valence-electron chi connectivity index (χ1n) is 9.78. The first-order valence-corrected chi connectivity index (χ1v) is 11.6. The molecule has 0 aliphatic rings. The summed E-state index contributed by atoms with van der Waals surface area (Å²) in [5, 5.41) is 3.14. The van der Waals surface area contributed by atoms with Crippen LogP contribution in [0.2, 0.25) is 0 Å². The lowest BCUT2D eigenvalue weighted by Crippen LogP contribution is -2.34. The lowest BCUT2D eigenvalue weighted by atomic mass is 10.1. The lowest BCUT2D eigenvalue weighted by Gasteiger charge is -2.16. The van der Waals surface area contributed by atoms with Crippen LogP contribution in [-0.4, -0.2) is 21.3 Å². The van der Waals surface area contributed by atoms with E-state index in [2.05, 4.69) is 38.4 Å². The van der Waals surface area contributed by atoms with Gasteiger partial charge in [-0.25, -0.2) is 4.98 Å². The molecule has 0 spiro atoms. The summed E-state index contributed by atoms with van der Waals surface area (Å²) < 4.78 is 3.07. The zero-order chi connectivity index (χ0) is 20.9. The number of hydrogen-bond acceptors (Lipinski definition) is 3. The Morgan fingerprint density at radius 1 is 1.10 bits per heavy atom. The summed E-state index contributed by atoms with van der Waals surface area (Å²) in [6.45, 7) is 2.03. The van der Waals surface area contributed by atoms with Crippen molar-refractivity contribution in [3.63, 3.8) is 0 Å². The largest absolute Gasteiger partial charge is 0.349 e. The molecule has 0 radical (unpaired) electrons. The molecule has 2 heterocycles. The van der Waals surface area contributed by atoms with E-state index in [4.69, 9.17) is 0 Å². The number of nitrogens with zero attached hydrogens (tertiary/aromatic N) is 2. The van der Waals surface area contributed by atoms with Crippen molar-refractivity contribution in [3.05, 3.63) is 100 Å². The maximum Gasteiger partial charge on any atom is 0.252 e. The molecular weight excluding hydrogens is 458 g/mol. The van der Waals surface area contributed by atoms with E-state index in [-0.39, 0.29) is 11.9 Å². The Hall–Kier alpha value is -2.57. The van der Waals surface area contributed by atoms with Gasteiger partial charge < -0.3 is 9.72 Å². The number of imidazole rings is 1. The smallest absolute Gasteiger partial charge is 0.252 e. The van der Waals surface area contributed by atoms with Gasteiger partial charge in [0.25, 0.3) is 5.91 Å².